The number of allylic oxidation sites excluding steroid dienone is 1. The normalized spacial score (nSPS) is 12.6. The highest BCUT2D eigenvalue weighted by molar-refractivity contribution is 5.93. The Morgan fingerprint density at radius 2 is 1.10 bits per heavy atom. The number of methoxy groups -OCH3 is 4. The maximum atomic E-state index is 11.7. The van der Waals surface area contributed by atoms with E-state index in [1.54, 1.807) is 24.3 Å². The van der Waals surface area contributed by atoms with Crippen LogP contribution in [0, 0.1) is 0 Å². The van der Waals surface area contributed by atoms with Crippen molar-refractivity contribution in [1.29, 1.82) is 0 Å². The first kappa shape index (κ1) is 19.9. The molecule has 2 N–H and O–H groups in total. The lowest BCUT2D eigenvalue weighted by atomic mass is 9.95. The Hall–Kier alpha value is -3.81. The molecular formula is C21H20O8. The standard InChI is InChI=1S/C21H20O8/c1-25-14-7-11(8-15(26-2)20(14)23)19(13-5-6-18(22)29-13)12-9-16(27-3)21(24)17(10-12)28-4/h5-10,23-24H,1-4H3. The number of esters is 1. The number of hydrogen-bond acceptors (Lipinski definition) is 8. The Balaban J connectivity index is 2.33. The van der Waals surface area contributed by atoms with Gasteiger partial charge in [-0.3, -0.25) is 0 Å². The van der Waals surface area contributed by atoms with Crippen LogP contribution in [0.4, 0.5) is 0 Å². The largest absolute Gasteiger partial charge is 0.502 e. The number of carbonyl (C=O) groups excluding carboxylic acids is 1. The number of phenolic OH excluding ortho intramolecular Hbond substituents is 2. The lowest BCUT2D eigenvalue weighted by Gasteiger charge is -2.17. The molecule has 0 bridgehead atoms. The summed E-state index contributed by atoms with van der Waals surface area (Å²) in [6.45, 7) is 0. The van der Waals surface area contributed by atoms with Gasteiger partial charge in [-0.1, -0.05) is 0 Å². The molecule has 0 saturated carbocycles. The minimum absolute atomic E-state index is 0.164. The van der Waals surface area contributed by atoms with Crippen molar-refractivity contribution in [3.05, 3.63) is 53.3 Å². The van der Waals surface area contributed by atoms with Gasteiger partial charge in [0, 0.05) is 11.6 Å². The van der Waals surface area contributed by atoms with Crippen LogP contribution < -0.4 is 18.9 Å². The molecule has 0 radical (unpaired) electrons. The molecule has 8 nitrogen and oxygen atoms in total. The van der Waals surface area contributed by atoms with Crippen LogP contribution in [0.1, 0.15) is 11.1 Å². The molecule has 1 aliphatic rings. The fraction of sp³-hybridized carbons (Fsp3) is 0.190. The molecule has 152 valence electrons. The highest BCUT2D eigenvalue weighted by atomic mass is 16.5. The second-order valence-electron chi connectivity index (χ2n) is 5.95. The first-order chi connectivity index (χ1) is 13.9. The summed E-state index contributed by atoms with van der Waals surface area (Å²) in [6, 6.07) is 6.30. The average molecular weight is 400 g/mol. The van der Waals surface area contributed by atoms with Crippen molar-refractivity contribution in [3.63, 3.8) is 0 Å². The van der Waals surface area contributed by atoms with E-state index in [1.807, 2.05) is 0 Å². The predicted octanol–water partition coefficient (Wildman–Crippen LogP) is 3.00. The van der Waals surface area contributed by atoms with Gasteiger partial charge < -0.3 is 33.9 Å². The molecule has 0 spiro atoms. The summed E-state index contributed by atoms with van der Waals surface area (Å²) in [5.74, 6) is 0.0946. The van der Waals surface area contributed by atoms with Gasteiger partial charge in [0.05, 0.1) is 28.4 Å². The number of carbonyl (C=O) groups is 1. The molecular weight excluding hydrogens is 380 g/mol. The molecule has 0 amide bonds. The number of aromatic hydroxyl groups is 2. The Bertz CT molecular complexity index is 906. The van der Waals surface area contributed by atoms with Gasteiger partial charge in [0.1, 0.15) is 5.76 Å². The van der Waals surface area contributed by atoms with E-state index < -0.39 is 5.97 Å². The fourth-order valence-electron chi connectivity index (χ4n) is 2.98. The Morgan fingerprint density at radius 3 is 1.38 bits per heavy atom. The molecule has 2 aromatic rings. The van der Waals surface area contributed by atoms with E-state index in [1.165, 1.54) is 40.6 Å². The Labute approximate surface area is 167 Å². The lowest BCUT2D eigenvalue weighted by Crippen LogP contribution is -2.00. The first-order valence-electron chi connectivity index (χ1n) is 8.48. The van der Waals surface area contributed by atoms with E-state index in [0.717, 1.165) is 0 Å². The van der Waals surface area contributed by atoms with Gasteiger partial charge in [-0.15, -0.1) is 0 Å². The van der Waals surface area contributed by atoms with E-state index in [2.05, 4.69) is 0 Å². The minimum atomic E-state index is -0.520. The zero-order valence-electron chi connectivity index (χ0n) is 16.3. The van der Waals surface area contributed by atoms with Crippen LogP contribution in [0.5, 0.6) is 34.5 Å². The lowest BCUT2D eigenvalue weighted by molar-refractivity contribution is -0.132. The SMILES string of the molecule is COc1cc(C(=C2C=CC(=O)O2)c2cc(OC)c(O)c(OC)c2)cc(OC)c1O. The second kappa shape index (κ2) is 8.05. The molecule has 0 atom stereocenters. The van der Waals surface area contributed by atoms with Crippen molar-refractivity contribution in [2.24, 2.45) is 0 Å². The van der Waals surface area contributed by atoms with Crippen LogP contribution in [0.15, 0.2) is 42.2 Å². The Morgan fingerprint density at radius 1 is 0.724 bits per heavy atom. The quantitative estimate of drug-likeness (QED) is 0.714. The number of rotatable bonds is 6. The first-order valence-corrected chi connectivity index (χ1v) is 8.48. The molecule has 29 heavy (non-hydrogen) atoms. The van der Waals surface area contributed by atoms with Gasteiger partial charge in [-0.05, 0) is 41.5 Å². The highest BCUT2D eigenvalue weighted by Crippen LogP contribution is 2.45. The predicted molar refractivity (Wildman–Crippen MR) is 104 cm³/mol. The summed E-state index contributed by atoms with van der Waals surface area (Å²) in [6.07, 6.45) is 2.81. The molecule has 0 aliphatic carbocycles. The molecule has 0 unspecified atom stereocenters. The highest BCUT2D eigenvalue weighted by Gasteiger charge is 2.24. The van der Waals surface area contributed by atoms with Gasteiger partial charge >= 0.3 is 5.97 Å². The second-order valence-corrected chi connectivity index (χ2v) is 5.95. The summed E-state index contributed by atoms with van der Waals surface area (Å²) < 4.78 is 26.3. The van der Waals surface area contributed by atoms with E-state index in [9.17, 15) is 15.0 Å². The number of hydrogen-bond donors (Lipinski definition) is 2. The number of cyclic esters (lactones) is 1. The molecule has 0 saturated heterocycles. The summed E-state index contributed by atoms with van der Waals surface area (Å²) >= 11 is 0. The van der Waals surface area contributed by atoms with Crippen molar-refractivity contribution >= 4 is 11.5 Å². The van der Waals surface area contributed by atoms with Crippen LogP contribution in [0.3, 0.4) is 0 Å². The summed E-state index contributed by atoms with van der Waals surface area (Å²) in [7, 11) is 5.64. The molecule has 2 aromatic carbocycles. The van der Waals surface area contributed by atoms with Crippen LogP contribution in [-0.4, -0.2) is 44.6 Å². The topological polar surface area (TPSA) is 104 Å². The summed E-state index contributed by atoms with van der Waals surface area (Å²) in [4.78, 5) is 11.7. The fourth-order valence-corrected chi connectivity index (χ4v) is 2.98. The third-order valence-electron chi connectivity index (χ3n) is 4.36. The molecule has 1 aliphatic heterocycles. The van der Waals surface area contributed by atoms with E-state index in [4.69, 9.17) is 23.7 Å². The van der Waals surface area contributed by atoms with Crippen LogP contribution in [0.25, 0.3) is 5.57 Å². The summed E-state index contributed by atoms with van der Waals surface area (Å²) in [5.41, 5.74) is 1.53. The zero-order valence-corrected chi connectivity index (χ0v) is 16.3. The zero-order chi connectivity index (χ0) is 21.1. The van der Waals surface area contributed by atoms with E-state index in [-0.39, 0.29) is 40.3 Å². The maximum absolute atomic E-state index is 11.7. The van der Waals surface area contributed by atoms with E-state index in [0.29, 0.717) is 16.7 Å². The van der Waals surface area contributed by atoms with Crippen LogP contribution >= 0.6 is 0 Å². The minimum Gasteiger partial charge on any atom is -0.502 e. The number of benzene rings is 2. The maximum Gasteiger partial charge on any atom is 0.336 e. The molecule has 1 heterocycles. The van der Waals surface area contributed by atoms with Crippen molar-refractivity contribution in [2.75, 3.05) is 28.4 Å². The molecule has 8 heteroatoms. The number of phenols is 2. The average Bonchev–Trinajstić information content (AvgIpc) is 3.15. The molecule has 0 fully saturated rings. The summed E-state index contributed by atoms with van der Waals surface area (Å²) in [5, 5.41) is 20.5. The van der Waals surface area contributed by atoms with Gasteiger partial charge in [0.2, 0.25) is 11.5 Å². The Kier molecular flexibility index (Phi) is 5.54. The van der Waals surface area contributed by atoms with E-state index >= 15 is 0 Å². The van der Waals surface area contributed by atoms with Gasteiger partial charge in [-0.25, -0.2) is 4.79 Å². The monoisotopic (exact) mass is 400 g/mol. The molecule has 0 aromatic heterocycles. The van der Waals surface area contributed by atoms with Crippen molar-refractivity contribution in [3.8, 4) is 34.5 Å². The van der Waals surface area contributed by atoms with Crippen molar-refractivity contribution in [2.45, 2.75) is 0 Å². The van der Waals surface area contributed by atoms with Crippen LogP contribution in [0.2, 0.25) is 0 Å². The third kappa shape index (κ3) is 3.64. The third-order valence-corrected chi connectivity index (χ3v) is 4.36. The van der Waals surface area contributed by atoms with Crippen molar-refractivity contribution < 1.29 is 38.7 Å². The molecule has 3 rings (SSSR count). The van der Waals surface area contributed by atoms with Crippen LogP contribution in [-0.2, 0) is 9.53 Å². The van der Waals surface area contributed by atoms with Gasteiger partial charge in [0.15, 0.2) is 23.0 Å². The van der Waals surface area contributed by atoms with Gasteiger partial charge in [-0.2, -0.15) is 0 Å². The van der Waals surface area contributed by atoms with Gasteiger partial charge in [0.25, 0.3) is 0 Å². The number of ether oxygens (including phenoxy) is 5. The van der Waals surface area contributed by atoms with Crippen molar-refractivity contribution in [1.82, 2.24) is 0 Å². The smallest absolute Gasteiger partial charge is 0.336 e.